The van der Waals surface area contributed by atoms with Gasteiger partial charge in [-0.3, -0.25) is 9.59 Å². The molecule has 3 atom stereocenters. The van der Waals surface area contributed by atoms with Gasteiger partial charge in [0.15, 0.2) is 0 Å². The van der Waals surface area contributed by atoms with Crippen molar-refractivity contribution in [2.24, 2.45) is 0 Å². The predicted octanol–water partition coefficient (Wildman–Crippen LogP) is 5.81. The number of hydrogen-bond acceptors (Lipinski definition) is 6. The average Bonchev–Trinajstić information content (AvgIpc) is 3.95. The molecule has 1 unspecified atom stereocenters. The van der Waals surface area contributed by atoms with E-state index in [1.165, 1.54) is 0 Å². The fourth-order valence-electron chi connectivity index (χ4n) is 7.21. The molecule has 3 fully saturated rings. The second-order valence-corrected chi connectivity index (χ2v) is 12.8. The number of carbonyl (C=O) groups is 2. The van der Waals surface area contributed by atoms with E-state index in [1.807, 2.05) is 76.5 Å². The van der Waals surface area contributed by atoms with E-state index in [-0.39, 0.29) is 30.0 Å². The third kappa shape index (κ3) is 6.14. The van der Waals surface area contributed by atoms with Gasteiger partial charge in [0, 0.05) is 30.8 Å². The summed E-state index contributed by atoms with van der Waals surface area (Å²) in [5.41, 5.74) is 5.27. The number of para-hydroxylation sites is 1. The highest BCUT2D eigenvalue weighted by Gasteiger charge is 2.37. The molecule has 3 aliphatic heterocycles. The lowest BCUT2D eigenvalue weighted by atomic mass is 10.1. The van der Waals surface area contributed by atoms with Gasteiger partial charge < -0.3 is 29.2 Å². The number of nitrogens with one attached hydrogen (secondary N) is 2. The molecule has 2 N–H and O–H groups in total. The Morgan fingerprint density at radius 2 is 1.42 bits per heavy atom. The van der Waals surface area contributed by atoms with Crippen molar-refractivity contribution in [3.05, 3.63) is 89.5 Å². The first-order chi connectivity index (χ1) is 23.6. The molecule has 2 amide bonds. The molecule has 0 saturated carbocycles. The van der Waals surface area contributed by atoms with Gasteiger partial charge in [-0.15, -0.1) is 0 Å². The minimum Gasteiger partial charge on any atom is -0.493 e. The number of rotatable bonds is 7. The van der Waals surface area contributed by atoms with E-state index in [0.717, 1.165) is 102 Å². The van der Waals surface area contributed by atoms with Crippen LogP contribution in [0, 0.1) is 11.8 Å². The van der Waals surface area contributed by atoms with Crippen molar-refractivity contribution in [1.29, 1.82) is 0 Å². The minimum absolute atomic E-state index is 0.0576. The lowest BCUT2D eigenvalue weighted by molar-refractivity contribution is -0.142. The smallest absolute Gasteiger partial charge is 0.252 e. The molecule has 3 aliphatic rings. The van der Waals surface area contributed by atoms with Crippen LogP contribution in [-0.2, 0) is 14.3 Å². The van der Waals surface area contributed by atoms with Crippen molar-refractivity contribution >= 4 is 33.9 Å². The van der Waals surface area contributed by atoms with Gasteiger partial charge in [0.2, 0.25) is 5.91 Å². The van der Waals surface area contributed by atoms with Crippen LogP contribution in [0.3, 0.4) is 0 Å². The Morgan fingerprint density at radius 1 is 0.792 bits per heavy atom. The van der Waals surface area contributed by atoms with Crippen molar-refractivity contribution in [2.75, 3.05) is 26.3 Å². The molecule has 5 heterocycles. The number of imidazole rings is 2. The van der Waals surface area contributed by atoms with Gasteiger partial charge in [0.05, 0.1) is 47.2 Å². The van der Waals surface area contributed by atoms with Crippen molar-refractivity contribution in [3.63, 3.8) is 0 Å². The summed E-state index contributed by atoms with van der Waals surface area (Å²) >= 11 is 0. The Balaban J connectivity index is 0.944. The number of ether oxygens (including phenoxy) is 2. The molecule has 2 aromatic heterocycles. The molecule has 3 saturated heterocycles. The molecule has 5 aromatic rings. The summed E-state index contributed by atoms with van der Waals surface area (Å²) in [4.78, 5) is 46.7. The number of aromatic nitrogens is 4. The summed E-state index contributed by atoms with van der Waals surface area (Å²) in [7, 11) is 0. The van der Waals surface area contributed by atoms with Crippen LogP contribution in [0.5, 0.6) is 5.75 Å². The number of likely N-dealkylation sites (tertiary alicyclic amines) is 2. The zero-order valence-corrected chi connectivity index (χ0v) is 26.8. The molecule has 0 bridgehead atoms. The minimum atomic E-state index is -0.318. The van der Waals surface area contributed by atoms with E-state index in [1.54, 1.807) is 0 Å². The van der Waals surface area contributed by atoms with E-state index in [4.69, 9.17) is 19.4 Å². The van der Waals surface area contributed by atoms with Gasteiger partial charge in [0.1, 0.15) is 23.5 Å². The lowest BCUT2D eigenvalue weighted by Gasteiger charge is -2.25. The maximum absolute atomic E-state index is 13.1. The lowest BCUT2D eigenvalue weighted by Crippen LogP contribution is -2.38. The van der Waals surface area contributed by atoms with Gasteiger partial charge in [0.25, 0.3) is 5.91 Å². The number of H-pyrrole nitrogens is 2. The summed E-state index contributed by atoms with van der Waals surface area (Å²) in [5.74, 6) is 9.16. The molecular formula is C38H38N6O4. The number of hydrogen-bond donors (Lipinski definition) is 2. The van der Waals surface area contributed by atoms with E-state index in [9.17, 15) is 9.59 Å². The quantitative estimate of drug-likeness (QED) is 0.217. The molecule has 48 heavy (non-hydrogen) atoms. The number of nitrogens with zero attached hydrogens (tertiary/aromatic N) is 4. The summed E-state index contributed by atoms with van der Waals surface area (Å²) in [6.45, 7) is 2.46. The number of benzene rings is 3. The Morgan fingerprint density at radius 3 is 2.04 bits per heavy atom. The van der Waals surface area contributed by atoms with Crippen LogP contribution in [0.15, 0.2) is 66.7 Å². The third-order valence-electron chi connectivity index (χ3n) is 9.62. The van der Waals surface area contributed by atoms with Crippen LogP contribution in [0.1, 0.15) is 79.8 Å². The van der Waals surface area contributed by atoms with E-state index >= 15 is 0 Å². The van der Waals surface area contributed by atoms with Gasteiger partial charge in [-0.05, 0) is 87.1 Å². The molecule has 3 aromatic carbocycles. The summed E-state index contributed by atoms with van der Waals surface area (Å²) in [6, 6.07) is 21.4. The Bertz CT molecular complexity index is 2020. The van der Waals surface area contributed by atoms with E-state index < -0.39 is 0 Å². The second kappa shape index (κ2) is 13.2. The highest BCUT2D eigenvalue weighted by atomic mass is 16.5. The van der Waals surface area contributed by atoms with Crippen LogP contribution in [0.4, 0.5) is 0 Å². The zero-order chi connectivity index (χ0) is 32.5. The average molecular weight is 643 g/mol. The number of carbonyl (C=O) groups excluding carboxylic acids is 2. The fourth-order valence-corrected chi connectivity index (χ4v) is 7.21. The maximum Gasteiger partial charge on any atom is 0.252 e. The monoisotopic (exact) mass is 642 g/mol. The largest absolute Gasteiger partial charge is 0.493 e. The predicted molar refractivity (Wildman–Crippen MR) is 181 cm³/mol. The Labute approximate surface area is 278 Å². The van der Waals surface area contributed by atoms with Gasteiger partial charge in [-0.2, -0.15) is 0 Å². The number of aromatic amines is 2. The molecule has 244 valence electrons. The third-order valence-corrected chi connectivity index (χ3v) is 9.62. The highest BCUT2D eigenvalue weighted by molar-refractivity contribution is 5.83. The molecular weight excluding hydrogens is 604 g/mol. The SMILES string of the molecule is O=C(CCOc1ccccc1)N1CCCC1c1nc2ccc(C#Cc3ccc4nc([C@@H]5CCCN5C(=O)[C@H]5CCCO5)[nH]c4c3)cc2[nH]1. The highest BCUT2D eigenvalue weighted by Crippen LogP contribution is 2.34. The normalized spacial score (nSPS) is 20.8. The summed E-state index contributed by atoms with van der Waals surface area (Å²) in [6.07, 6.45) is 5.41. The van der Waals surface area contributed by atoms with Crippen molar-refractivity contribution in [3.8, 4) is 17.6 Å². The first-order valence-electron chi connectivity index (χ1n) is 17.0. The van der Waals surface area contributed by atoms with Crippen LogP contribution < -0.4 is 4.74 Å². The Kier molecular flexibility index (Phi) is 8.29. The molecule has 0 aliphatic carbocycles. The van der Waals surface area contributed by atoms with Gasteiger partial charge in [-0.1, -0.05) is 30.0 Å². The standard InChI is InChI=1S/C38H38N6O4/c45-35(18-22-47-27-7-2-1-3-8-27)43-19-4-9-32(43)36-39-28-16-14-25(23-30(28)41-36)12-13-26-15-17-29-31(24-26)42-37(40-29)33-10-5-20-44(33)38(46)34-11-6-21-48-34/h1-3,7-8,14-17,23-24,32-34H,4-6,9-11,18-22H2,(H,39,41)(H,40,42)/t32?,33-,34+/m0/s1. The van der Waals surface area contributed by atoms with E-state index in [0.29, 0.717) is 19.6 Å². The van der Waals surface area contributed by atoms with Crippen LogP contribution >= 0.6 is 0 Å². The van der Waals surface area contributed by atoms with E-state index in [2.05, 4.69) is 21.8 Å². The van der Waals surface area contributed by atoms with Crippen LogP contribution in [0.25, 0.3) is 22.1 Å². The first kappa shape index (κ1) is 30.2. The molecule has 8 rings (SSSR count). The van der Waals surface area contributed by atoms with Crippen LogP contribution in [0.2, 0.25) is 0 Å². The van der Waals surface area contributed by atoms with Crippen LogP contribution in [-0.4, -0.2) is 74.0 Å². The van der Waals surface area contributed by atoms with Crippen molar-refractivity contribution < 1.29 is 19.1 Å². The number of fused-ring (bicyclic) bond motifs is 2. The summed E-state index contributed by atoms with van der Waals surface area (Å²) < 4.78 is 11.4. The number of amides is 2. The fraction of sp³-hybridized carbons (Fsp3) is 0.368. The van der Waals surface area contributed by atoms with Gasteiger partial charge in [-0.25, -0.2) is 9.97 Å². The Hall–Kier alpha value is -5.14. The zero-order valence-electron chi connectivity index (χ0n) is 26.8. The summed E-state index contributed by atoms with van der Waals surface area (Å²) in [5, 5.41) is 0. The first-order valence-corrected chi connectivity index (χ1v) is 17.0. The van der Waals surface area contributed by atoms with Crippen molar-refractivity contribution in [1.82, 2.24) is 29.7 Å². The van der Waals surface area contributed by atoms with Crippen molar-refractivity contribution in [2.45, 2.75) is 63.1 Å². The second-order valence-electron chi connectivity index (χ2n) is 12.8. The maximum atomic E-state index is 13.1. The molecule has 10 heteroatoms. The van der Waals surface area contributed by atoms with Gasteiger partial charge >= 0.3 is 0 Å². The molecule has 0 spiro atoms. The molecule has 10 nitrogen and oxygen atoms in total. The molecule has 0 radical (unpaired) electrons. The topological polar surface area (TPSA) is 116 Å².